The molecule has 36 heavy (non-hydrogen) atoms. The molecule has 0 spiro atoms. The van der Waals surface area contributed by atoms with Crippen LogP contribution in [0.15, 0.2) is 60.5 Å². The Balaban J connectivity index is 1.40. The number of nitrogens with one attached hydrogen (secondary N) is 2. The van der Waals surface area contributed by atoms with Gasteiger partial charge in [-0.05, 0) is 30.0 Å². The van der Waals surface area contributed by atoms with Gasteiger partial charge in [0.25, 0.3) is 0 Å². The molecule has 3 aromatic rings. The quantitative estimate of drug-likeness (QED) is 0.215. The summed E-state index contributed by atoms with van der Waals surface area (Å²) >= 11 is 0. The lowest BCUT2D eigenvalue weighted by atomic mass is 10.1. The highest BCUT2D eigenvalue weighted by Gasteiger charge is 2.17. The van der Waals surface area contributed by atoms with Crippen LogP contribution < -0.4 is 16.4 Å². The van der Waals surface area contributed by atoms with E-state index in [9.17, 15) is 0 Å². The second kappa shape index (κ2) is 12.4. The van der Waals surface area contributed by atoms with Gasteiger partial charge < -0.3 is 21.1 Å². The summed E-state index contributed by atoms with van der Waals surface area (Å²) in [5.41, 5.74) is 9.41. The summed E-state index contributed by atoms with van der Waals surface area (Å²) in [6.45, 7) is 14.3. The molecule has 1 fully saturated rings. The van der Waals surface area contributed by atoms with E-state index in [4.69, 9.17) is 10.5 Å². The number of nitrogens with zero attached hydrogens (tertiary/aromatic N) is 6. The summed E-state index contributed by atoms with van der Waals surface area (Å²) in [6, 6.07) is 10.0. The van der Waals surface area contributed by atoms with Gasteiger partial charge in [-0.1, -0.05) is 38.6 Å². The van der Waals surface area contributed by atoms with Crippen LogP contribution in [0.2, 0.25) is 0 Å². The molecule has 10 heteroatoms. The Labute approximate surface area is 212 Å². The van der Waals surface area contributed by atoms with E-state index >= 15 is 0 Å². The largest absolute Gasteiger partial charge is 0.379 e. The first kappa shape index (κ1) is 25.5. The minimum absolute atomic E-state index is 0.253. The molecular formula is C26H37N9O. The molecule has 0 radical (unpaired) electrons. The highest BCUT2D eigenvalue weighted by atomic mass is 16.5. The van der Waals surface area contributed by atoms with Crippen molar-refractivity contribution in [3.63, 3.8) is 0 Å². The van der Waals surface area contributed by atoms with Gasteiger partial charge in [0.2, 0.25) is 0 Å². The number of morpholine rings is 1. The zero-order valence-corrected chi connectivity index (χ0v) is 21.2. The molecule has 10 nitrogen and oxygen atoms in total. The average molecular weight is 492 g/mol. The molecule has 0 aliphatic carbocycles. The first-order valence-corrected chi connectivity index (χ1v) is 12.5. The fraction of sp³-hybridized carbons (Fsp3) is 0.423. The SMILES string of the molecule is C=C(NCc1ccccc1-n1cccn1)n1ncc(C(C)C)c1NC(N)=NCCCN1CCOCC1. The Morgan fingerprint density at radius 1 is 1.19 bits per heavy atom. The predicted octanol–water partition coefficient (Wildman–Crippen LogP) is 2.86. The van der Waals surface area contributed by atoms with Crippen LogP contribution in [-0.4, -0.2) is 69.8 Å². The topological polar surface area (TPSA) is 111 Å². The smallest absolute Gasteiger partial charge is 0.194 e. The number of anilines is 1. The molecule has 0 saturated carbocycles. The number of aromatic nitrogens is 4. The normalized spacial score (nSPS) is 14.8. The van der Waals surface area contributed by atoms with Crippen LogP contribution in [0.5, 0.6) is 0 Å². The Hall–Kier alpha value is -3.63. The van der Waals surface area contributed by atoms with Crippen LogP contribution in [0.1, 0.15) is 37.3 Å². The lowest BCUT2D eigenvalue weighted by molar-refractivity contribution is 0.0377. The molecule has 4 N–H and O–H groups in total. The van der Waals surface area contributed by atoms with Gasteiger partial charge in [-0.15, -0.1) is 0 Å². The van der Waals surface area contributed by atoms with Crippen molar-refractivity contribution in [1.29, 1.82) is 0 Å². The average Bonchev–Trinajstić information content (AvgIpc) is 3.57. The van der Waals surface area contributed by atoms with Crippen molar-refractivity contribution in [2.24, 2.45) is 10.7 Å². The lowest BCUT2D eigenvalue weighted by Gasteiger charge is -2.26. The van der Waals surface area contributed by atoms with E-state index in [1.807, 2.05) is 41.3 Å². The van der Waals surface area contributed by atoms with Crippen molar-refractivity contribution in [3.05, 3.63) is 66.6 Å². The number of hydrogen-bond acceptors (Lipinski definition) is 6. The Bertz CT molecular complexity index is 1140. The first-order valence-electron chi connectivity index (χ1n) is 12.5. The maximum absolute atomic E-state index is 6.27. The molecule has 0 atom stereocenters. The summed E-state index contributed by atoms with van der Waals surface area (Å²) in [5.74, 6) is 2.04. The van der Waals surface area contributed by atoms with Crippen LogP contribution in [0, 0.1) is 0 Å². The maximum atomic E-state index is 6.27. The minimum atomic E-state index is 0.253. The van der Waals surface area contributed by atoms with Gasteiger partial charge >= 0.3 is 0 Å². The van der Waals surface area contributed by atoms with Gasteiger partial charge in [0, 0.05) is 50.7 Å². The van der Waals surface area contributed by atoms with E-state index in [1.165, 1.54) is 0 Å². The van der Waals surface area contributed by atoms with Crippen molar-refractivity contribution in [2.75, 3.05) is 44.7 Å². The molecule has 1 aliphatic rings. The molecule has 0 unspecified atom stereocenters. The van der Waals surface area contributed by atoms with Crippen LogP contribution in [-0.2, 0) is 11.3 Å². The highest BCUT2D eigenvalue weighted by Crippen LogP contribution is 2.25. The summed E-state index contributed by atoms with van der Waals surface area (Å²) in [6.07, 6.45) is 6.50. The fourth-order valence-electron chi connectivity index (χ4n) is 4.16. The maximum Gasteiger partial charge on any atom is 0.194 e. The van der Waals surface area contributed by atoms with E-state index in [1.54, 1.807) is 10.9 Å². The Kier molecular flexibility index (Phi) is 8.75. The molecule has 4 rings (SSSR count). The molecule has 1 aromatic carbocycles. The third kappa shape index (κ3) is 6.52. The summed E-state index contributed by atoms with van der Waals surface area (Å²) < 4.78 is 9.01. The second-order valence-corrected chi connectivity index (χ2v) is 9.09. The van der Waals surface area contributed by atoms with Gasteiger partial charge in [-0.3, -0.25) is 9.89 Å². The Morgan fingerprint density at radius 3 is 2.75 bits per heavy atom. The molecule has 1 aliphatic heterocycles. The van der Waals surface area contributed by atoms with Crippen LogP contribution in [0.4, 0.5) is 5.82 Å². The first-order chi connectivity index (χ1) is 17.5. The number of aliphatic imine (C=N–C) groups is 1. The standard InChI is InChI=1S/C26H37N9O/c1-20(2)23-19-31-35(25(23)32-26(27)28-10-6-12-33-14-16-36-17-15-33)21(3)29-18-22-8-4-5-9-24(22)34-13-7-11-30-34/h4-5,7-9,11,13,19-20,29H,3,6,10,12,14-18H2,1-2H3,(H3,27,28,32). The minimum Gasteiger partial charge on any atom is -0.379 e. The van der Waals surface area contributed by atoms with Gasteiger partial charge in [0.1, 0.15) is 11.6 Å². The van der Waals surface area contributed by atoms with Gasteiger partial charge in [-0.2, -0.15) is 10.2 Å². The molecule has 192 valence electrons. The van der Waals surface area contributed by atoms with Crippen molar-refractivity contribution in [1.82, 2.24) is 29.8 Å². The fourth-order valence-corrected chi connectivity index (χ4v) is 4.16. The highest BCUT2D eigenvalue weighted by molar-refractivity contribution is 5.92. The zero-order valence-electron chi connectivity index (χ0n) is 21.2. The number of guanidine groups is 1. The van der Waals surface area contributed by atoms with Crippen molar-refractivity contribution >= 4 is 17.6 Å². The number of hydrogen-bond donors (Lipinski definition) is 3. The van der Waals surface area contributed by atoms with Crippen molar-refractivity contribution < 1.29 is 4.74 Å². The molecular weight excluding hydrogens is 454 g/mol. The zero-order chi connectivity index (χ0) is 25.3. The van der Waals surface area contributed by atoms with E-state index in [-0.39, 0.29) is 5.92 Å². The van der Waals surface area contributed by atoms with E-state index in [0.717, 1.165) is 61.9 Å². The third-order valence-corrected chi connectivity index (χ3v) is 6.17. The second-order valence-electron chi connectivity index (χ2n) is 9.09. The monoisotopic (exact) mass is 491 g/mol. The predicted molar refractivity (Wildman–Crippen MR) is 144 cm³/mol. The summed E-state index contributed by atoms with van der Waals surface area (Å²) in [5, 5.41) is 15.6. The molecule has 0 amide bonds. The third-order valence-electron chi connectivity index (χ3n) is 6.17. The lowest BCUT2D eigenvalue weighted by Crippen LogP contribution is -2.37. The van der Waals surface area contributed by atoms with Crippen LogP contribution in [0.25, 0.3) is 11.5 Å². The molecule has 2 aromatic heterocycles. The Morgan fingerprint density at radius 2 is 2.00 bits per heavy atom. The van der Waals surface area contributed by atoms with Crippen LogP contribution in [0.3, 0.4) is 0 Å². The molecule has 1 saturated heterocycles. The van der Waals surface area contributed by atoms with Crippen LogP contribution >= 0.6 is 0 Å². The van der Waals surface area contributed by atoms with Gasteiger partial charge in [-0.25, -0.2) is 9.36 Å². The van der Waals surface area contributed by atoms with Gasteiger partial charge in [0.05, 0.1) is 25.1 Å². The molecule has 3 heterocycles. The molecule has 0 bridgehead atoms. The van der Waals surface area contributed by atoms with Gasteiger partial charge in [0.15, 0.2) is 5.96 Å². The van der Waals surface area contributed by atoms with E-state index in [2.05, 4.69) is 57.2 Å². The number of rotatable bonds is 11. The summed E-state index contributed by atoms with van der Waals surface area (Å²) in [4.78, 5) is 6.94. The number of ether oxygens (including phenoxy) is 1. The van der Waals surface area contributed by atoms with E-state index in [0.29, 0.717) is 24.9 Å². The number of nitrogens with two attached hydrogens (primary N) is 1. The van der Waals surface area contributed by atoms with Crippen molar-refractivity contribution in [2.45, 2.75) is 32.7 Å². The number of benzene rings is 1. The summed E-state index contributed by atoms with van der Waals surface area (Å²) in [7, 11) is 0. The van der Waals surface area contributed by atoms with E-state index < -0.39 is 0 Å². The number of para-hydroxylation sites is 1. The van der Waals surface area contributed by atoms with Crippen molar-refractivity contribution in [3.8, 4) is 5.69 Å².